The number of amides is 1. The first-order valence-electron chi connectivity index (χ1n) is 12.2. The summed E-state index contributed by atoms with van der Waals surface area (Å²) in [4.78, 5) is 17.2. The zero-order chi connectivity index (χ0) is 24.6. The number of nitrogens with one attached hydrogen (secondary N) is 1. The molecule has 0 bridgehead atoms. The van der Waals surface area contributed by atoms with Crippen LogP contribution in [-0.4, -0.2) is 29.1 Å². The average Bonchev–Trinajstić information content (AvgIpc) is 2.87. The molecule has 1 heterocycles. The molecule has 0 aliphatic carbocycles. The average molecular weight is 469 g/mol. The van der Waals surface area contributed by atoms with Crippen molar-refractivity contribution in [3.8, 4) is 22.6 Å². The highest BCUT2D eigenvalue weighted by Crippen LogP contribution is 2.36. The number of ether oxygens (including phenoxy) is 1. The van der Waals surface area contributed by atoms with E-state index in [1.807, 2.05) is 48.5 Å². The third-order valence-electron chi connectivity index (χ3n) is 5.96. The Hall–Kier alpha value is -3.86. The van der Waals surface area contributed by atoms with Crippen molar-refractivity contribution in [1.29, 1.82) is 0 Å². The number of aromatic hydroxyl groups is 1. The van der Waals surface area contributed by atoms with Gasteiger partial charge in [0, 0.05) is 29.3 Å². The molecule has 180 valence electrons. The monoisotopic (exact) mass is 468 g/mol. The first-order valence-corrected chi connectivity index (χ1v) is 12.2. The molecular formula is C30H32N2O3. The van der Waals surface area contributed by atoms with Crippen molar-refractivity contribution in [3.05, 3.63) is 90.1 Å². The van der Waals surface area contributed by atoms with Gasteiger partial charge in [-0.05, 0) is 72.7 Å². The van der Waals surface area contributed by atoms with Gasteiger partial charge < -0.3 is 15.2 Å². The molecule has 0 unspecified atom stereocenters. The Kier molecular flexibility index (Phi) is 7.99. The Bertz CT molecular complexity index is 1290. The Balaban J connectivity index is 1.55. The number of hydrogen-bond acceptors (Lipinski definition) is 4. The smallest absolute Gasteiger partial charge is 0.251 e. The summed E-state index contributed by atoms with van der Waals surface area (Å²) < 4.78 is 6.11. The van der Waals surface area contributed by atoms with Gasteiger partial charge in [-0.25, -0.2) is 0 Å². The van der Waals surface area contributed by atoms with Crippen molar-refractivity contribution in [3.63, 3.8) is 0 Å². The van der Waals surface area contributed by atoms with Crippen LogP contribution in [0, 0.1) is 5.92 Å². The van der Waals surface area contributed by atoms with Crippen molar-refractivity contribution in [2.24, 2.45) is 5.92 Å². The maximum absolute atomic E-state index is 12.9. The fourth-order valence-corrected chi connectivity index (χ4v) is 4.00. The number of phenolic OH excluding ortho intramolecular Hbond substituents is 1. The number of fused-ring (bicyclic) bond motifs is 1. The number of pyridine rings is 1. The molecule has 3 aromatic carbocycles. The molecule has 5 heteroatoms. The number of aromatic nitrogens is 1. The van der Waals surface area contributed by atoms with E-state index in [4.69, 9.17) is 4.74 Å². The molecule has 0 fully saturated rings. The Morgan fingerprint density at radius 3 is 2.66 bits per heavy atom. The van der Waals surface area contributed by atoms with Crippen molar-refractivity contribution >= 4 is 16.8 Å². The molecule has 0 aliphatic rings. The molecule has 0 saturated carbocycles. The Labute approximate surface area is 206 Å². The molecule has 35 heavy (non-hydrogen) atoms. The highest BCUT2D eigenvalue weighted by molar-refractivity contribution is 5.97. The van der Waals surface area contributed by atoms with Gasteiger partial charge in [0.25, 0.3) is 5.91 Å². The van der Waals surface area contributed by atoms with Gasteiger partial charge in [-0.3, -0.25) is 9.78 Å². The summed E-state index contributed by atoms with van der Waals surface area (Å²) in [6.07, 6.45) is 4.37. The molecule has 0 atom stereocenters. The summed E-state index contributed by atoms with van der Waals surface area (Å²) in [5, 5.41) is 14.4. The van der Waals surface area contributed by atoms with Crippen LogP contribution < -0.4 is 10.1 Å². The quantitative estimate of drug-likeness (QED) is 0.264. The number of carbonyl (C=O) groups excluding carboxylic acids is 1. The minimum Gasteiger partial charge on any atom is -0.506 e. The molecular weight excluding hydrogens is 436 g/mol. The molecule has 0 spiro atoms. The number of rotatable bonds is 10. The Morgan fingerprint density at radius 1 is 1.03 bits per heavy atom. The molecule has 5 nitrogen and oxygen atoms in total. The van der Waals surface area contributed by atoms with E-state index in [0.29, 0.717) is 35.9 Å². The maximum atomic E-state index is 12.9. The summed E-state index contributed by atoms with van der Waals surface area (Å²) in [5.41, 5.74) is 3.91. The second-order valence-electron chi connectivity index (χ2n) is 9.16. The largest absolute Gasteiger partial charge is 0.506 e. The number of benzene rings is 3. The number of carbonyl (C=O) groups is 1. The van der Waals surface area contributed by atoms with Gasteiger partial charge in [0.05, 0.1) is 6.61 Å². The fourth-order valence-electron chi connectivity index (χ4n) is 4.00. The first-order chi connectivity index (χ1) is 17.0. The van der Waals surface area contributed by atoms with E-state index in [1.165, 1.54) is 5.56 Å². The van der Waals surface area contributed by atoms with Gasteiger partial charge in [0.2, 0.25) is 0 Å². The van der Waals surface area contributed by atoms with Crippen LogP contribution in [-0.2, 0) is 6.42 Å². The zero-order valence-electron chi connectivity index (χ0n) is 20.3. The lowest BCUT2D eigenvalue weighted by Crippen LogP contribution is -2.24. The molecule has 0 aliphatic heterocycles. The minimum atomic E-state index is -0.125. The van der Waals surface area contributed by atoms with E-state index in [1.54, 1.807) is 18.3 Å². The van der Waals surface area contributed by atoms with Crippen LogP contribution in [0.2, 0.25) is 0 Å². The van der Waals surface area contributed by atoms with E-state index in [2.05, 4.69) is 36.3 Å². The second kappa shape index (κ2) is 11.5. The predicted molar refractivity (Wildman–Crippen MR) is 141 cm³/mol. The molecule has 4 aromatic rings. The summed E-state index contributed by atoms with van der Waals surface area (Å²) in [6.45, 7) is 5.49. The van der Waals surface area contributed by atoms with Crippen molar-refractivity contribution in [2.45, 2.75) is 33.1 Å². The highest BCUT2D eigenvalue weighted by Gasteiger charge is 2.15. The number of hydrogen-bond donors (Lipinski definition) is 2. The van der Waals surface area contributed by atoms with E-state index in [0.717, 1.165) is 35.8 Å². The molecule has 2 N–H and O–H groups in total. The summed E-state index contributed by atoms with van der Waals surface area (Å²) in [5.74, 6) is 1.19. The van der Waals surface area contributed by atoms with Crippen LogP contribution in [0.5, 0.6) is 11.5 Å². The third-order valence-corrected chi connectivity index (χ3v) is 5.96. The Morgan fingerprint density at radius 2 is 1.86 bits per heavy atom. The van der Waals surface area contributed by atoms with Crippen LogP contribution in [0.3, 0.4) is 0 Å². The van der Waals surface area contributed by atoms with Gasteiger partial charge >= 0.3 is 0 Å². The second-order valence-corrected chi connectivity index (χ2v) is 9.16. The predicted octanol–water partition coefficient (Wildman–Crippen LogP) is 6.39. The van der Waals surface area contributed by atoms with E-state index < -0.39 is 0 Å². The maximum Gasteiger partial charge on any atom is 0.251 e. The number of aryl methyl sites for hydroxylation is 1. The van der Waals surface area contributed by atoms with Crippen molar-refractivity contribution in [2.75, 3.05) is 13.2 Å². The minimum absolute atomic E-state index is 0.0991. The fraction of sp³-hybridized carbons (Fsp3) is 0.267. The molecule has 0 saturated heterocycles. The molecule has 1 aromatic heterocycles. The lowest BCUT2D eigenvalue weighted by molar-refractivity contribution is 0.0953. The normalized spacial score (nSPS) is 11.1. The van der Waals surface area contributed by atoms with Gasteiger partial charge in [-0.2, -0.15) is 0 Å². The highest BCUT2D eigenvalue weighted by atomic mass is 16.5. The topological polar surface area (TPSA) is 71.5 Å². The van der Waals surface area contributed by atoms with Crippen LogP contribution in [0.4, 0.5) is 0 Å². The lowest BCUT2D eigenvalue weighted by atomic mass is 9.99. The summed E-state index contributed by atoms with van der Waals surface area (Å²) in [7, 11) is 0. The number of phenols is 1. The zero-order valence-corrected chi connectivity index (χ0v) is 20.3. The van der Waals surface area contributed by atoms with E-state index in [9.17, 15) is 9.90 Å². The van der Waals surface area contributed by atoms with Gasteiger partial charge in [0.1, 0.15) is 17.0 Å². The summed E-state index contributed by atoms with van der Waals surface area (Å²) >= 11 is 0. The van der Waals surface area contributed by atoms with Gasteiger partial charge in [-0.15, -0.1) is 0 Å². The van der Waals surface area contributed by atoms with Crippen LogP contribution in [0.25, 0.3) is 22.0 Å². The SMILES string of the molecule is CC(C)CCOc1ccc(C(=O)NCCCc2ccccc2)cc1-c1cc(O)c2ncccc2c1. The van der Waals surface area contributed by atoms with Gasteiger partial charge in [-0.1, -0.05) is 50.2 Å². The van der Waals surface area contributed by atoms with E-state index >= 15 is 0 Å². The molecule has 0 radical (unpaired) electrons. The van der Waals surface area contributed by atoms with Crippen molar-refractivity contribution in [1.82, 2.24) is 10.3 Å². The summed E-state index contributed by atoms with van der Waals surface area (Å²) in [6, 6.07) is 23.1. The van der Waals surface area contributed by atoms with E-state index in [-0.39, 0.29) is 11.7 Å². The van der Waals surface area contributed by atoms with Gasteiger partial charge in [0.15, 0.2) is 0 Å². The lowest BCUT2D eigenvalue weighted by Gasteiger charge is -2.15. The third kappa shape index (κ3) is 6.38. The number of nitrogens with zero attached hydrogens (tertiary/aromatic N) is 1. The molecule has 4 rings (SSSR count). The van der Waals surface area contributed by atoms with Crippen LogP contribution in [0.15, 0.2) is 79.0 Å². The standard InChI is InChI=1S/C30H32N2O3/c1-21(2)14-17-35-28-13-12-24(30(34)32-16-6-10-22-8-4-3-5-9-22)19-26(28)25-18-23-11-7-15-31-29(23)27(33)20-25/h3-5,7-9,11-13,15,18-21,33H,6,10,14,16-17H2,1-2H3,(H,32,34). The van der Waals surface area contributed by atoms with Crippen LogP contribution >= 0.6 is 0 Å². The molecule has 1 amide bonds. The van der Waals surface area contributed by atoms with Crippen molar-refractivity contribution < 1.29 is 14.6 Å². The van der Waals surface area contributed by atoms with Crippen LogP contribution in [0.1, 0.15) is 42.6 Å². The first kappa shape index (κ1) is 24.3.